The highest BCUT2D eigenvalue weighted by Gasteiger charge is 2.29. The smallest absolute Gasteiger partial charge is 0.407 e. The number of pyridine rings is 1. The molecule has 1 N–H and O–H groups in total. The maximum absolute atomic E-state index is 14.2. The number of amides is 1. The molecule has 0 radical (unpaired) electrons. The van der Waals surface area contributed by atoms with Gasteiger partial charge in [0.1, 0.15) is 14.9 Å². The van der Waals surface area contributed by atoms with Crippen LogP contribution >= 0.6 is 11.3 Å². The van der Waals surface area contributed by atoms with Gasteiger partial charge in [-0.05, 0) is 31.2 Å². The molecule has 0 fully saturated rings. The number of halogens is 1. The third kappa shape index (κ3) is 3.58. The van der Waals surface area contributed by atoms with Gasteiger partial charge in [-0.25, -0.2) is 18.2 Å². The van der Waals surface area contributed by atoms with Gasteiger partial charge in [0, 0.05) is 29.2 Å². The molecule has 0 aromatic carbocycles. The van der Waals surface area contributed by atoms with Crippen LogP contribution in [0.4, 0.5) is 9.18 Å². The van der Waals surface area contributed by atoms with Crippen molar-refractivity contribution in [2.24, 2.45) is 0 Å². The summed E-state index contributed by atoms with van der Waals surface area (Å²) in [6, 6.07) is 5.73. The van der Waals surface area contributed by atoms with Crippen molar-refractivity contribution >= 4 is 27.3 Å². The summed E-state index contributed by atoms with van der Waals surface area (Å²) in [6.45, 7) is 1.48. The van der Waals surface area contributed by atoms with Crippen molar-refractivity contribution in [1.29, 1.82) is 0 Å². The second kappa shape index (κ2) is 7.12. The highest BCUT2D eigenvalue weighted by atomic mass is 32.2. The van der Waals surface area contributed by atoms with E-state index in [2.05, 4.69) is 4.98 Å². The maximum atomic E-state index is 14.2. The van der Waals surface area contributed by atoms with Gasteiger partial charge in [0.25, 0.3) is 0 Å². The van der Waals surface area contributed by atoms with E-state index < -0.39 is 21.9 Å². The van der Waals surface area contributed by atoms with Crippen LogP contribution in [-0.4, -0.2) is 36.5 Å². The summed E-state index contributed by atoms with van der Waals surface area (Å²) in [7, 11) is -2.63. The minimum atomic E-state index is -3.99. The number of sulfone groups is 1. The van der Waals surface area contributed by atoms with Gasteiger partial charge in [0.2, 0.25) is 15.8 Å². The fraction of sp³-hybridized carbons (Fsp3) is 0.176. The van der Waals surface area contributed by atoms with Crippen molar-refractivity contribution in [3.05, 3.63) is 53.3 Å². The van der Waals surface area contributed by atoms with E-state index in [0.717, 1.165) is 16.2 Å². The molecule has 1 amide bonds. The van der Waals surface area contributed by atoms with Crippen molar-refractivity contribution in [3.8, 4) is 11.1 Å². The Morgan fingerprint density at radius 1 is 1.37 bits per heavy atom. The van der Waals surface area contributed by atoms with E-state index in [-0.39, 0.29) is 32.5 Å². The van der Waals surface area contributed by atoms with Crippen LogP contribution in [0.15, 0.2) is 50.2 Å². The highest BCUT2D eigenvalue weighted by molar-refractivity contribution is 7.93. The largest absolute Gasteiger partial charge is 0.468 e. The van der Waals surface area contributed by atoms with Gasteiger partial charge >= 0.3 is 6.09 Å². The zero-order valence-electron chi connectivity index (χ0n) is 14.3. The molecular weight excluding hydrogens is 395 g/mol. The maximum Gasteiger partial charge on any atom is 0.407 e. The molecule has 0 aliphatic heterocycles. The van der Waals surface area contributed by atoms with Gasteiger partial charge in [0.15, 0.2) is 0 Å². The van der Waals surface area contributed by atoms with Crippen LogP contribution in [0.25, 0.3) is 11.1 Å². The minimum Gasteiger partial charge on any atom is -0.468 e. The third-order valence-electron chi connectivity index (χ3n) is 3.86. The minimum absolute atomic E-state index is 0.0203. The standard InChI is InChI=1S/C17H15FN2O5S2/c1-10-14(5-7-25-10)27(23,24)16-13(12-4-3-6-19-15(12)18)8-11(26-16)9-20(2)17(21)22/h3-8H,9H2,1-2H3,(H,21,22). The third-order valence-corrected chi connectivity index (χ3v) is 7.40. The number of aryl methyl sites for hydroxylation is 1. The van der Waals surface area contributed by atoms with Gasteiger partial charge in [-0.2, -0.15) is 4.39 Å². The predicted octanol–water partition coefficient (Wildman–Crippen LogP) is 3.79. The summed E-state index contributed by atoms with van der Waals surface area (Å²) in [5.74, 6) is -0.598. The molecule has 0 aliphatic carbocycles. The summed E-state index contributed by atoms with van der Waals surface area (Å²) in [6.07, 6.45) is 1.37. The Morgan fingerprint density at radius 3 is 2.70 bits per heavy atom. The molecule has 0 bridgehead atoms. The molecule has 3 rings (SSSR count). The van der Waals surface area contributed by atoms with E-state index in [1.54, 1.807) is 0 Å². The topological polar surface area (TPSA) is 101 Å². The van der Waals surface area contributed by atoms with Crippen LogP contribution in [0, 0.1) is 12.9 Å². The number of carboxylic acid groups (broad SMARTS) is 1. The first-order valence-corrected chi connectivity index (χ1v) is 9.98. The van der Waals surface area contributed by atoms with Gasteiger partial charge in [0.05, 0.1) is 12.8 Å². The van der Waals surface area contributed by atoms with Crippen LogP contribution in [0.5, 0.6) is 0 Å². The first kappa shape index (κ1) is 19.1. The van der Waals surface area contributed by atoms with E-state index in [1.165, 1.54) is 50.7 Å². The van der Waals surface area contributed by atoms with Gasteiger partial charge in [-0.3, -0.25) is 0 Å². The summed E-state index contributed by atoms with van der Waals surface area (Å²) in [5.41, 5.74) is 0.165. The average molecular weight is 410 g/mol. The van der Waals surface area contributed by atoms with Crippen molar-refractivity contribution in [2.45, 2.75) is 22.6 Å². The molecule has 3 aromatic rings. The monoisotopic (exact) mass is 410 g/mol. The number of nitrogens with zero attached hydrogens (tertiary/aromatic N) is 2. The van der Waals surface area contributed by atoms with Crippen LogP contribution in [-0.2, 0) is 16.4 Å². The Kier molecular flexibility index (Phi) is 5.03. The summed E-state index contributed by atoms with van der Waals surface area (Å²) in [4.78, 5) is 16.1. The SMILES string of the molecule is Cc1occc1S(=O)(=O)c1sc(CN(C)C(=O)O)cc1-c1cccnc1F. The average Bonchev–Trinajstić information content (AvgIpc) is 3.22. The Labute approximate surface area is 158 Å². The summed E-state index contributed by atoms with van der Waals surface area (Å²) < 4.78 is 45.5. The van der Waals surface area contributed by atoms with E-state index in [0.29, 0.717) is 4.88 Å². The Balaban J connectivity index is 2.20. The lowest BCUT2D eigenvalue weighted by Gasteiger charge is -2.10. The number of aromatic nitrogens is 1. The van der Waals surface area contributed by atoms with E-state index in [4.69, 9.17) is 9.52 Å². The van der Waals surface area contributed by atoms with Crippen molar-refractivity contribution in [3.63, 3.8) is 0 Å². The molecule has 10 heteroatoms. The van der Waals surface area contributed by atoms with Crippen LogP contribution < -0.4 is 0 Å². The molecule has 0 saturated carbocycles. The second-order valence-electron chi connectivity index (χ2n) is 5.74. The van der Waals surface area contributed by atoms with Crippen molar-refractivity contribution in [2.75, 3.05) is 7.05 Å². The fourth-order valence-corrected chi connectivity index (χ4v) is 5.83. The number of carbonyl (C=O) groups is 1. The van der Waals surface area contributed by atoms with E-state index >= 15 is 0 Å². The normalized spacial score (nSPS) is 11.5. The first-order chi connectivity index (χ1) is 12.7. The number of hydrogen-bond donors (Lipinski definition) is 1. The van der Waals surface area contributed by atoms with Gasteiger partial charge in [-0.1, -0.05) is 0 Å². The molecule has 27 heavy (non-hydrogen) atoms. The zero-order chi connectivity index (χ0) is 19.8. The van der Waals surface area contributed by atoms with Gasteiger partial charge < -0.3 is 14.4 Å². The van der Waals surface area contributed by atoms with E-state index in [1.807, 2.05) is 0 Å². The molecule has 0 aliphatic rings. The number of rotatable bonds is 5. The molecule has 142 valence electrons. The zero-order valence-corrected chi connectivity index (χ0v) is 16.0. The molecule has 0 saturated heterocycles. The summed E-state index contributed by atoms with van der Waals surface area (Å²) >= 11 is 0.894. The summed E-state index contributed by atoms with van der Waals surface area (Å²) in [5, 5.41) is 9.06. The molecular formula is C17H15FN2O5S2. The lowest BCUT2D eigenvalue weighted by molar-refractivity contribution is 0.154. The van der Waals surface area contributed by atoms with Crippen LogP contribution in [0.3, 0.4) is 0 Å². The van der Waals surface area contributed by atoms with Crippen molar-refractivity contribution in [1.82, 2.24) is 9.88 Å². The molecule has 3 aromatic heterocycles. The van der Waals surface area contributed by atoms with Crippen LogP contribution in [0.2, 0.25) is 0 Å². The molecule has 0 spiro atoms. The van der Waals surface area contributed by atoms with Crippen molar-refractivity contribution < 1.29 is 27.1 Å². The molecule has 0 unspecified atom stereocenters. The highest BCUT2D eigenvalue weighted by Crippen LogP contribution is 2.40. The van der Waals surface area contributed by atoms with Gasteiger partial charge in [-0.15, -0.1) is 11.3 Å². The molecule has 7 nitrogen and oxygen atoms in total. The predicted molar refractivity (Wildman–Crippen MR) is 95.9 cm³/mol. The quantitative estimate of drug-likeness (QED) is 0.642. The molecule has 3 heterocycles. The Bertz CT molecular complexity index is 1100. The number of thiophene rings is 1. The Morgan fingerprint density at radius 2 is 2.11 bits per heavy atom. The number of furan rings is 1. The molecule has 0 atom stereocenters. The first-order valence-electron chi connectivity index (χ1n) is 7.68. The van der Waals surface area contributed by atoms with Crippen LogP contribution in [0.1, 0.15) is 10.6 Å². The second-order valence-corrected chi connectivity index (χ2v) is 8.99. The Hall–Kier alpha value is -2.72. The lowest BCUT2D eigenvalue weighted by atomic mass is 10.1. The van der Waals surface area contributed by atoms with E-state index in [9.17, 15) is 17.6 Å². The number of hydrogen-bond acceptors (Lipinski definition) is 6. The lowest BCUT2D eigenvalue weighted by Crippen LogP contribution is -2.23. The fourth-order valence-electron chi connectivity index (χ4n) is 2.53.